The summed E-state index contributed by atoms with van der Waals surface area (Å²) in [6.45, 7) is 5.92. The molecule has 0 amide bonds. The summed E-state index contributed by atoms with van der Waals surface area (Å²) >= 11 is 0.988. The van der Waals surface area contributed by atoms with Gasteiger partial charge in [0.15, 0.2) is 5.78 Å². The number of rotatable bonds is 5. The van der Waals surface area contributed by atoms with E-state index in [2.05, 4.69) is 4.98 Å². The number of hydrogen-bond donors (Lipinski definition) is 1. The molecule has 1 aromatic rings. The summed E-state index contributed by atoms with van der Waals surface area (Å²) in [5, 5.41) is 0. The number of thiazole rings is 1. The number of hydrogen-bond acceptors (Lipinski definition) is 3. The summed E-state index contributed by atoms with van der Waals surface area (Å²) in [4.78, 5) is 26.4. The summed E-state index contributed by atoms with van der Waals surface area (Å²) in [5.74, 6) is 0.0877. The van der Waals surface area contributed by atoms with Crippen LogP contribution in [0.25, 0.3) is 0 Å². The molecule has 1 heterocycles. The van der Waals surface area contributed by atoms with E-state index in [1.165, 1.54) is 6.08 Å². The van der Waals surface area contributed by atoms with Gasteiger partial charge in [0.2, 0.25) is 0 Å². The molecular weight excluding hydrogens is 234 g/mol. The molecule has 0 aliphatic heterocycles. The third-order valence-corrected chi connectivity index (χ3v) is 3.47. The fourth-order valence-corrected chi connectivity index (χ4v) is 2.28. The molecule has 1 unspecified atom stereocenters. The first kappa shape index (κ1) is 13.6. The van der Waals surface area contributed by atoms with Gasteiger partial charge in [-0.15, -0.1) is 0 Å². The number of carbonyl (C=O) groups excluding carboxylic acids is 1. The summed E-state index contributed by atoms with van der Waals surface area (Å²) in [7, 11) is 0. The number of H-pyrrole nitrogens is 1. The molecule has 92 valence electrons. The normalized spacial score (nSPS) is 13.6. The Morgan fingerprint density at radius 2 is 2.18 bits per heavy atom. The van der Waals surface area contributed by atoms with Crippen LogP contribution in [-0.4, -0.2) is 10.8 Å². The second kappa shape index (κ2) is 6.35. The predicted molar refractivity (Wildman–Crippen MR) is 71.9 cm³/mol. The maximum atomic E-state index is 11.9. The summed E-state index contributed by atoms with van der Waals surface area (Å²) in [5.41, 5.74) is 0.762. The van der Waals surface area contributed by atoms with Crippen LogP contribution in [0.15, 0.2) is 29.1 Å². The van der Waals surface area contributed by atoms with Gasteiger partial charge in [-0.25, -0.2) is 0 Å². The van der Waals surface area contributed by atoms with Crippen molar-refractivity contribution in [1.82, 2.24) is 4.98 Å². The van der Waals surface area contributed by atoms with Crippen LogP contribution in [0.3, 0.4) is 0 Å². The van der Waals surface area contributed by atoms with Crippen molar-refractivity contribution in [3.05, 3.63) is 44.5 Å². The van der Waals surface area contributed by atoms with Gasteiger partial charge in [0, 0.05) is 5.69 Å². The zero-order valence-electron chi connectivity index (χ0n) is 10.3. The molecule has 0 fully saturated rings. The predicted octanol–water partition coefficient (Wildman–Crippen LogP) is 3.26. The van der Waals surface area contributed by atoms with E-state index in [-0.39, 0.29) is 16.6 Å². The van der Waals surface area contributed by atoms with Gasteiger partial charge < -0.3 is 4.98 Å². The zero-order valence-corrected chi connectivity index (χ0v) is 11.1. The molecule has 0 radical (unpaired) electrons. The Hall–Kier alpha value is -1.42. The van der Waals surface area contributed by atoms with E-state index in [1.807, 2.05) is 26.8 Å². The zero-order chi connectivity index (χ0) is 12.8. The summed E-state index contributed by atoms with van der Waals surface area (Å²) < 4.78 is 0. The van der Waals surface area contributed by atoms with Gasteiger partial charge >= 0.3 is 4.87 Å². The molecule has 0 aromatic carbocycles. The lowest BCUT2D eigenvalue weighted by Gasteiger charge is -2.06. The van der Waals surface area contributed by atoms with Crippen LogP contribution in [0.2, 0.25) is 0 Å². The van der Waals surface area contributed by atoms with Crippen molar-refractivity contribution in [2.24, 2.45) is 0 Å². The molecule has 0 saturated carbocycles. The Morgan fingerprint density at radius 1 is 1.47 bits per heavy atom. The van der Waals surface area contributed by atoms with Crippen molar-refractivity contribution in [3.8, 4) is 0 Å². The van der Waals surface area contributed by atoms with Gasteiger partial charge in [-0.3, -0.25) is 9.59 Å². The van der Waals surface area contributed by atoms with Crippen LogP contribution in [0.4, 0.5) is 0 Å². The Balaban J connectivity index is 3.04. The highest BCUT2D eigenvalue weighted by atomic mass is 32.1. The molecule has 17 heavy (non-hydrogen) atoms. The van der Waals surface area contributed by atoms with Crippen LogP contribution in [-0.2, 0) is 0 Å². The van der Waals surface area contributed by atoms with Crippen molar-refractivity contribution in [2.45, 2.75) is 33.1 Å². The smallest absolute Gasteiger partial charge is 0.305 e. The Labute approximate surface area is 105 Å². The lowest BCUT2D eigenvalue weighted by molar-refractivity contribution is 0.104. The van der Waals surface area contributed by atoms with E-state index in [0.717, 1.165) is 23.5 Å². The minimum absolute atomic E-state index is 0.109. The highest BCUT2D eigenvalue weighted by Gasteiger charge is 2.17. The molecule has 1 aromatic heterocycles. The number of ketones is 1. The van der Waals surface area contributed by atoms with Gasteiger partial charge in [-0.05, 0) is 25.3 Å². The molecule has 3 nitrogen and oxygen atoms in total. The third kappa shape index (κ3) is 3.53. The maximum Gasteiger partial charge on any atom is 0.305 e. The van der Waals surface area contributed by atoms with Crippen molar-refractivity contribution >= 4 is 17.1 Å². The Kier molecular flexibility index (Phi) is 5.10. The first-order chi connectivity index (χ1) is 8.10. The lowest BCUT2D eigenvalue weighted by Crippen LogP contribution is -2.02. The van der Waals surface area contributed by atoms with Crippen LogP contribution in [0.1, 0.15) is 48.5 Å². The van der Waals surface area contributed by atoms with Crippen LogP contribution in [0.5, 0.6) is 0 Å². The average Bonchev–Trinajstić information content (AvgIpc) is 2.70. The van der Waals surface area contributed by atoms with E-state index < -0.39 is 0 Å². The number of aromatic nitrogens is 1. The summed E-state index contributed by atoms with van der Waals surface area (Å²) in [6, 6.07) is 0. The van der Waals surface area contributed by atoms with Gasteiger partial charge in [0.1, 0.15) is 0 Å². The van der Waals surface area contributed by atoms with Crippen LogP contribution in [0, 0.1) is 0 Å². The molecule has 0 aliphatic rings. The minimum atomic E-state index is -0.164. The Bertz CT molecular complexity index is 494. The monoisotopic (exact) mass is 251 g/mol. The Morgan fingerprint density at radius 3 is 2.76 bits per heavy atom. The number of carbonyl (C=O) groups is 1. The topological polar surface area (TPSA) is 49.9 Å². The first-order valence-corrected chi connectivity index (χ1v) is 6.48. The lowest BCUT2D eigenvalue weighted by atomic mass is 10.0. The van der Waals surface area contributed by atoms with Crippen LogP contribution >= 0.6 is 11.3 Å². The minimum Gasteiger partial charge on any atom is -0.316 e. The van der Waals surface area contributed by atoms with Gasteiger partial charge in [-0.2, -0.15) is 0 Å². The van der Waals surface area contributed by atoms with Crippen molar-refractivity contribution in [3.63, 3.8) is 0 Å². The van der Waals surface area contributed by atoms with Crippen LogP contribution < -0.4 is 4.87 Å². The van der Waals surface area contributed by atoms with Crippen molar-refractivity contribution in [2.75, 3.05) is 0 Å². The molecule has 1 N–H and O–H groups in total. The fourth-order valence-electron chi connectivity index (χ4n) is 1.40. The molecule has 0 aliphatic carbocycles. The van der Waals surface area contributed by atoms with E-state index >= 15 is 0 Å². The SMILES string of the molecule is CC=CC=CC(=O)c1sc(=O)[nH]c1C(C)CC. The standard InChI is InChI=1S/C13H17NO2S/c1-4-6-7-8-10(15)12-11(9(3)5-2)14-13(16)17-12/h4,6-9H,5H2,1-3H3,(H,14,16). The number of allylic oxidation sites excluding steroid dienone is 4. The highest BCUT2D eigenvalue weighted by Crippen LogP contribution is 2.22. The molecule has 1 rings (SSSR count). The third-order valence-electron chi connectivity index (χ3n) is 2.56. The van der Waals surface area contributed by atoms with Gasteiger partial charge in [0.25, 0.3) is 0 Å². The van der Waals surface area contributed by atoms with Gasteiger partial charge in [0.05, 0.1) is 4.88 Å². The molecule has 0 spiro atoms. The van der Waals surface area contributed by atoms with E-state index in [1.54, 1.807) is 12.2 Å². The largest absolute Gasteiger partial charge is 0.316 e. The highest BCUT2D eigenvalue weighted by molar-refractivity contribution is 7.11. The van der Waals surface area contributed by atoms with E-state index in [9.17, 15) is 9.59 Å². The number of aromatic amines is 1. The maximum absolute atomic E-state index is 11.9. The van der Waals surface area contributed by atoms with Gasteiger partial charge in [-0.1, -0.05) is 43.4 Å². The quantitative estimate of drug-likeness (QED) is 0.496. The molecular formula is C13H17NO2S. The molecule has 0 saturated heterocycles. The average molecular weight is 251 g/mol. The number of nitrogens with one attached hydrogen (secondary N) is 1. The van der Waals surface area contributed by atoms with E-state index in [4.69, 9.17) is 0 Å². The fraction of sp³-hybridized carbons (Fsp3) is 0.385. The molecule has 0 bridgehead atoms. The molecule has 4 heteroatoms. The summed E-state index contributed by atoms with van der Waals surface area (Å²) in [6.07, 6.45) is 7.71. The second-order valence-corrected chi connectivity index (χ2v) is 4.80. The first-order valence-electron chi connectivity index (χ1n) is 5.66. The second-order valence-electron chi connectivity index (χ2n) is 3.82. The molecule has 1 atom stereocenters. The van der Waals surface area contributed by atoms with Crippen molar-refractivity contribution < 1.29 is 4.79 Å². The van der Waals surface area contributed by atoms with E-state index in [0.29, 0.717) is 4.88 Å². The van der Waals surface area contributed by atoms with Crippen molar-refractivity contribution in [1.29, 1.82) is 0 Å².